The summed E-state index contributed by atoms with van der Waals surface area (Å²) in [6, 6.07) is 9.95. The second kappa shape index (κ2) is 5.07. The molecule has 1 aromatic rings. The van der Waals surface area contributed by atoms with Crippen molar-refractivity contribution < 1.29 is 0 Å². The maximum Gasteiger partial charge on any atom is 0.0367 e. The fourth-order valence-electron chi connectivity index (χ4n) is 4.73. The van der Waals surface area contributed by atoms with Crippen LogP contribution in [0.25, 0.3) is 0 Å². The molecule has 3 aliphatic rings. The number of hydrogen-bond donors (Lipinski definition) is 0. The van der Waals surface area contributed by atoms with Crippen LogP contribution in [-0.4, -0.2) is 37.1 Å². The van der Waals surface area contributed by atoms with E-state index in [4.69, 9.17) is 0 Å². The van der Waals surface area contributed by atoms with Gasteiger partial charge in [-0.2, -0.15) is 0 Å². The average Bonchev–Trinajstić information content (AvgIpc) is 3.11. The second-order valence-electron chi connectivity index (χ2n) is 7.10. The van der Waals surface area contributed by atoms with Crippen LogP contribution in [0.5, 0.6) is 0 Å². The zero-order chi connectivity index (χ0) is 13.5. The molecule has 3 fully saturated rings. The van der Waals surface area contributed by atoms with E-state index in [2.05, 4.69) is 41.0 Å². The largest absolute Gasteiger partial charge is 0.369 e. The highest BCUT2D eigenvalue weighted by molar-refractivity contribution is 5.47. The van der Waals surface area contributed by atoms with Crippen LogP contribution in [0.4, 0.5) is 5.69 Å². The van der Waals surface area contributed by atoms with Crippen molar-refractivity contribution in [2.24, 2.45) is 11.8 Å². The molecule has 1 aliphatic heterocycles. The molecule has 2 saturated carbocycles. The highest BCUT2D eigenvalue weighted by Crippen LogP contribution is 2.46. The smallest absolute Gasteiger partial charge is 0.0367 e. The SMILES string of the molecule is Cc1ccc(N2CCN([C@@H]3C[C@@H]4CC[C@@H]3C4)CC2)cc1. The Kier molecular flexibility index (Phi) is 3.22. The fraction of sp³-hybridized carbons (Fsp3) is 0.667. The summed E-state index contributed by atoms with van der Waals surface area (Å²) >= 11 is 0. The van der Waals surface area contributed by atoms with Gasteiger partial charge in [0.25, 0.3) is 0 Å². The summed E-state index contributed by atoms with van der Waals surface area (Å²) in [6.07, 6.45) is 6.05. The number of fused-ring (bicyclic) bond motifs is 2. The van der Waals surface area contributed by atoms with E-state index in [1.807, 2.05) is 0 Å². The molecule has 1 saturated heterocycles. The molecule has 0 amide bonds. The highest BCUT2D eigenvalue weighted by atomic mass is 15.3. The van der Waals surface area contributed by atoms with Crippen LogP contribution in [0.2, 0.25) is 0 Å². The van der Waals surface area contributed by atoms with Gasteiger partial charge in [-0.05, 0) is 50.2 Å². The van der Waals surface area contributed by atoms with E-state index in [1.165, 1.54) is 63.1 Å². The third-order valence-corrected chi connectivity index (χ3v) is 5.88. The van der Waals surface area contributed by atoms with Crippen LogP contribution in [0, 0.1) is 18.8 Å². The molecule has 108 valence electrons. The summed E-state index contributed by atoms with van der Waals surface area (Å²) in [5, 5.41) is 0. The van der Waals surface area contributed by atoms with Crippen LogP contribution in [0.3, 0.4) is 0 Å². The Morgan fingerprint density at radius 2 is 1.65 bits per heavy atom. The molecule has 0 N–H and O–H groups in total. The molecule has 0 unspecified atom stereocenters. The number of piperazine rings is 1. The maximum absolute atomic E-state index is 2.80. The minimum atomic E-state index is 0.925. The number of benzene rings is 1. The van der Waals surface area contributed by atoms with Gasteiger partial charge in [0.1, 0.15) is 0 Å². The van der Waals surface area contributed by atoms with Gasteiger partial charge in [0.2, 0.25) is 0 Å². The van der Waals surface area contributed by atoms with Gasteiger partial charge in [0, 0.05) is 37.9 Å². The predicted octanol–water partition coefficient (Wildman–Crippen LogP) is 3.31. The van der Waals surface area contributed by atoms with Crippen LogP contribution < -0.4 is 4.90 Å². The van der Waals surface area contributed by atoms with Crippen molar-refractivity contribution in [2.45, 2.75) is 38.6 Å². The first-order valence-corrected chi connectivity index (χ1v) is 8.35. The Hall–Kier alpha value is -1.02. The molecule has 2 bridgehead atoms. The van der Waals surface area contributed by atoms with Gasteiger partial charge >= 0.3 is 0 Å². The summed E-state index contributed by atoms with van der Waals surface area (Å²) in [5.41, 5.74) is 2.76. The van der Waals surface area contributed by atoms with Gasteiger partial charge in [0.15, 0.2) is 0 Å². The first kappa shape index (κ1) is 12.7. The van der Waals surface area contributed by atoms with Crippen LogP contribution in [0.1, 0.15) is 31.2 Å². The van der Waals surface area contributed by atoms with Gasteiger partial charge in [-0.25, -0.2) is 0 Å². The number of rotatable bonds is 2. The molecular formula is C18H26N2. The highest BCUT2D eigenvalue weighted by Gasteiger charge is 2.42. The molecule has 2 heteroatoms. The van der Waals surface area contributed by atoms with Gasteiger partial charge in [0.05, 0.1) is 0 Å². The van der Waals surface area contributed by atoms with Gasteiger partial charge in [-0.15, -0.1) is 0 Å². The van der Waals surface area contributed by atoms with Crippen molar-refractivity contribution in [3.8, 4) is 0 Å². The Balaban J connectivity index is 1.37. The first-order chi connectivity index (χ1) is 9.79. The van der Waals surface area contributed by atoms with E-state index >= 15 is 0 Å². The molecule has 20 heavy (non-hydrogen) atoms. The number of nitrogens with zero attached hydrogens (tertiary/aromatic N) is 2. The minimum absolute atomic E-state index is 0.925. The second-order valence-corrected chi connectivity index (χ2v) is 7.10. The van der Waals surface area contributed by atoms with E-state index in [0.29, 0.717) is 0 Å². The van der Waals surface area contributed by atoms with Gasteiger partial charge in [-0.3, -0.25) is 4.90 Å². The lowest BCUT2D eigenvalue weighted by atomic mass is 9.93. The molecular weight excluding hydrogens is 244 g/mol. The number of aryl methyl sites for hydroxylation is 1. The predicted molar refractivity (Wildman–Crippen MR) is 84.2 cm³/mol. The number of anilines is 1. The van der Waals surface area contributed by atoms with Crippen molar-refractivity contribution in [2.75, 3.05) is 31.1 Å². The lowest BCUT2D eigenvalue weighted by molar-refractivity contribution is 0.135. The lowest BCUT2D eigenvalue weighted by Crippen LogP contribution is -2.51. The van der Waals surface area contributed by atoms with Gasteiger partial charge in [-0.1, -0.05) is 24.1 Å². The number of hydrogen-bond acceptors (Lipinski definition) is 2. The van der Waals surface area contributed by atoms with E-state index in [0.717, 1.165) is 17.9 Å². The molecule has 1 heterocycles. The summed E-state index contributed by atoms with van der Waals surface area (Å²) in [6.45, 7) is 7.11. The Labute approximate surface area is 122 Å². The molecule has 3 atom stereocenters. The van der Waals surface area contributed by atoms with Crippen molar-refractivity contribution in [1.29, 1.82) is 0 Å². The fourth-order valence-corrected chi connectivity index (χ4v) is 4.73. The van der Waals surface area contributed by atoms with Crippen LogP contribution in [0.15, 0.2) is 24.3 Å². The molecule has 1 aromatic carbocycles. The van der Waals surface area contributed by atoms with Crippen LogP contribution in [-0.2, 0) is 0 Å². The van der Waals surface area contributed by atoms with E-state index < -0.39 is 0 Å². The van der Waals surface area contributed by atoms with Crippen molar-refractivity contribution in [3.05, 3.63) is 29.8 Å². The quantitative estimate of drug-likeness (QED) is 0.813. The molecule has 2 aliphatic carbocycles. The lowest BCUT2D eigenvalue weighted by Gasteiger charge is -2.41. The molecule has 4 rings (SSSR count). The maximum atomic E-state index is 2.80. The molecule has 0 spiro atoms. The van der Waals surface area contributed by atoms with Crippen molar-refractivity contribution >= 4 is 5.69 Å². The molecule has 0 radical (unpaired) electrons. The third-order valence-electron chi connectivity index (χ3n) is 5.88. The minimum Gasteiger partial charge on any atom is -0.369 e. The molecule has 0 aromatic heterocycles. The standard InChI is InChI=1S/C18H26N2/c1-14-2-6-17(7-3-14)19-8-10-20(11-9-19)18-13-15-4-5-16(18)12-15/h2-3,6-7,15-16,18H,4-5,8-13H2,1H3/t15-,16-,18-/m1/s1. The Bertz CT molecular complexity index is 459. The first-order valence-electron chi connectivity index (χ1n) is 8.35. The Morgan fingerprint density at radius 3 is 2.25 bits per heavy atom. The molecule has 2 nitrogen and oxygen atoms in total. The Morgan fingerprint density at radius 1 is 0.900 bits per heavy atom. The summed E-state index contributed by atoms with van der Waals surface area (Å²) in [4.78, 5) is 5.36. The monoisotopic (exact) mass is 270 g/mol. The average molecular weight is 270 g/mol. The van der Waals surface area contributed by atoms with E-state index in [-0.39, 0.29) is 0 Å². The summed E-state index contributed by atoms with van der Waals surface area (Å²) < 4.78 is 0. The van der Waals surface area contributed by atoms with E-state index in [1.54, 1.807) is 0 Å². The van der Waals surface area contributed by atoms with Gasteiger partial charge < -0.3 is 4.90 Å². The summed E-state index contributed by atoms with van der Waals surface area (Å²) in [5.74, 6) is 2.10. The summed E-state index contributed by atoms with van der Waals surface area (Å²) in [7, 11) is 0. The topological polar surface area (TPSA) is 6.48 Å². The third kappa shape index (κ3) is 2.24. The zero-order valence-electron chi connectivity index (χ0n) is 12.6. The van der Waals surface area contributed by atoms with Crippen LogP contribution >= 0.6 is 0 Å². The normalized spacial score (nSPS) is 33.9. The van der Waals surface area contributed by atoms with Crippen molar-refractivity contribution in [1.82, 2.24) is 4.90 Å². The van der Waals surface area contributed by atoms with E-state index in [9.17, 15) is 0 Å². The van der Waals surface area contributed by atoms with Crippen molar-refractivity contribution in [3.63, 3.8) is 0 Å². The zero-order valence-corrected chi connectivity index (χ0v) is 12.6.